The Labute approximate surface area is 114 Å². The molecule has 0 bridgehead atoms. The summed E-state index contributed by atoms with van der Waals surface area (Å²) in [6.45, 7) is 3.52. The van der Waals surface area contributed by atoms with E-state index in [4.69, 9.17) is 10.5 Å². The zero-order valence-electron chi connectivity index (χ0n) is 11.5. The Bertz CT molecular complexity index is 393. The van der Waals surface area contributed by atoms with E-state index in [1.165, 1.54) is 12.1 Å². The van der Waals surface area contributed by atoms with Crippen molar-refractivity contribution < 1.29 is 9.13 Å². The number of nitrogens with two attached hydrogens (primary N) is 1. The first kappa shape index (κ1) is 14.4. The maximum absolute atomic E-state index is 13.2. The molecule has 1 aromatic carbocycles. The van der Waals surface area contributed by atoms with Gasteiger partial charge in [-0.15, -0.1) is 0 Å². The molecule has 19 heavy (non-hydrogen) atoms. The number of halogens is 1. The molecule has 1 aromatic rings. The molecule has 106 valence electrons. The summed E-state index contributed by atoms with van der Waals surface area (Å²) in [5.74, 6) is 0.471. The summed E-state index contributed by atoms with van der Waals surface area (Å²) in [5.41, 5.74) is 7.00. The van der Waals surface area contributed by atoms with Crippen molar-refractivity contribution in [2.75, 3.05) is 33.4 Å². The molecule has 0 spiro atoms. The minimum Gasteiger partial charge on any atom is -0.381 e. The average molecular weight is 266 g/mol. The van der Waals surface area contributed by atoms with Crippen LogP contribution in [0, 0.1) is 11.7 Å². The molecule has 1 aliphatic heterocycles. The van der Waals surface area contributed by atoms with E-state index in [9.17, 15) is 4.39 Å². The molecule has 2 rings (SSSR count). The highest BCUT2D eigenvalue weighted by Crippen LogP contribution is 2.17. The van der Waals surface area contributed by atoms with E-state index in [2.05, 4.69) is 11.9 Å². The van der Waals surface area contributed by atoms with Crippen LogP contribution in [0.4, 0.5) is 4.39 Å². The molecule has 1 unspecified atom stereocenters. The summed E-state index contributed by atoms with van der Waals surface area (Å²) >= 11 is 0. The third-order valence-corrected chi connectivity index (χ3v) is 3.70. The standard InChI is InChI=1S/C15H23FN2O/c1-18(10-12-5-7-19-8-6-12)11-15(17)13-3-2-4-14(16)9-13/h2-4,9,12,15H,5-8,10-11,17H2,1H3. The molecule has 4 heteroatoms. The largest absolute Gasteiger partial charge is 0.381 e. The third-order valence-electron chi connectivity index (χ3n) is 3.70. The van der Waals surface area contributed by atoms with Crippen molar-refractivity contribution >= 4 is 0 Å². The fraction of sp³-hybridized carbons (Fsp3) is 0.600. The van der Waals surface area contributed by atoms with Gasteiger partial charge in [-0.1, -0.05) is 12.1 Å². The number of ether oxygens (including phenoxy) is 1. The van der Waals surface area contributed by atoms with Gasteiger partial charge in [0.15, 0.2) is 0 Å². The zero-order valence-corrected chi connectivity index (χ0v) is 11.5. The van der Waals surface area contributed by atoms with E-state index in [1.807, 2.05) is 6.07 Å². The van der Waals surface area contributed by atoms with Gasteiger partial charge in [0.1, 0.15) is 5.82 Å². The van der Waals surface area contributed by atoms with Crippen LogP contribution in [0.2, 0.25) is 0 Å². The third kappa shape index (κ3) is 4.56. The summed E-state index contributed by atoms with van der Waals surface area (Å²) in [4.78, 5) is 2.24. The summed E-state index contributed by atoms with van der Waals surface area (Å²) in [6, 6.07) is 6.43. The number of nitrogens with zero attached hydrogens (tertiary/aromatic N) is 1. The van der Waals surface area contributed by atoms with Crippen molar-refractivity contribution in [3.05, 3.63) is 35.6 Å². The quantitative estimate of drug-likeness (QED) is 0.888. The van der Waals surface area contributed by atoms with E-state index in [0.717, 1.165) is 44.7 Å². The Morgan fingerprint density at radius 2 is 2.16 bits per heavy atom. The number of likely N-dealkylation sites (N-methyl/N-ethyl adjacent to an activating group) is 1. The topological polar surface area (TPSA) is 38.5 Å². The SMILES string of the molecule is CN(CC1CCOCC1)CC(N)c1cccc(F)c1. The van der Waals surface area contributed by atoms with Gasteiger partial charge in [-0.05, 0) is 43.5 Å². The molecule has 3 nitrogen and oxygen atoms in total. The van der Waals surface area contributed by atoms with Crippen molar-refractivity contribution in [2.24, 2.45) is 11.7 Å². The van der Waals surface area contributed by atoms with E-state index >= 15 is 0 Å². The van der Waals surface area contributed by atoms with Gasteiger partial charge in [0.25, 0.3) is 0 Å². The molecule has 1 fully saturated rings. The van der Waals surface area contributed by atoms with Crippen molar-refractivity contribution in [1.82, 2.24) is 4.90 Å². The molecular formula is C15H23FN2O. The fourth-order valence-electron chi connectivity index (χ4n) is 2.62. The highest BCUT2D eigenvalue weighted by molar-refractivity contribution is 5.20. The summed E-state index contributed by atoms with van der Waals surface area (Å²) in [7, 11) is 2.08. The molecule has 2 N–H and O–H groups in total. The lowest BCUT2D eigenvalue weighted by molar-refractivity contribution is 0.0551. The molecule has 0 aliphatic carbocycles. The minimum absolute atomic E-state index is 0.138. The molecule has 0 saturated carbocycles. The Morgan fingerprint density at radius 3 is 2.84 bits per heavy atom. The number of benzene rings is 1. The van der Waals surface area contributed by atoms with Crippen LogP contribution in [0.15, 0.2) is 24.3 Å². The molecule has 1 saturated heterocycles. The molecule has 0 aromatic heterocycles. The van der Waals surface area contributed by atoms with Crippen molar-refractivity contribution in [2.45, 2.75) is 18.9 Å². The van der Waals surface area contributed by atoms with Gasteiger partial charge in [-0.3, -0.25) is 0 Å². The number of hydrogen-bond donors (Lipinski definition) is 1. The molecule has 1 heterocycles. The summed E-state index contributed by atoms with van der Waals surface area (Å²) < 4.78 is 18.5. The number of rotatable bonds is 5. The van der Waals surface area contributed by atoms with E-state index < -0.39 is 0 Å². The van der Waals surface area contributed by atoms with Crippen LogP contribution >= 0.6 is 0 Å². The van der Waals surface area contributed by atoms with Crippen LogP contribution in [0.3, 0.4) is 0 Å². The zero-order chi connectivity index (χ0) is 13.7. The minimum atomic E-state index is -0.222. The Kier molecular flexibility index (Phi) is 5.31. The first-order chi connectivity index (χ1) is 9.15. The maximum atomic E-state index is 13.2. The van der Waals surface area contributed by atoms with Crippen molar-refractivity contribution in [1.29, 1.82) is 0 Å². The average Bonchev–Trinajstić information content (AvgIpc) is 2.39. The maximum Gasteiger partial charge on any atom is 0.123 e. The first-order valence-electron chi connectivity index (χ1n) is 6.92. The molecular weight excluding hydrogens is 243 g/mol. The van der Waals surface area contributed by atoms with Gasteiger partial charge in [-0.2, -0.15) is 0 Å². The highest BCUT2D eigenvalue weighted by atomic mass is 19.1. The predicted octanol–water partition coefficient (Wildman–Crippen LogP) is 2.18. The summed E-state index contributed by atoms with van der Waals surface area (Å²) in [6.07, 6.45) is 2.25. The molecule has 1 atom stereocenters. The molecule has 0 radical (unpaired) electrons. The Morgan fingerprint density at radius 1 is 1.42 bits per heavy atom. The highest BCUT2D eigenvalue weighted by Gasteiger charge is 2.17. The van der Waals surface area contributed by atoms with Crippen LogP contribution in [0.1, 0.15) is 24.4 Å². The van der Waals surface area contributed by atoms with E-state index in [1.54, 1.807) is 6.07 Å². The second kappa shape index (κ2) is 6.98. The van der Waals surface area contributed by atoms with Gasteiger partial charge >= 0.3 is 0 Å². The lowest BCUT2D eigenvalue weighted by atomic mass is 9.99. The first-order valence-corrected chi connectivity index (χ1v) is 6.92. The van der Waals surface area contributed by atoms with Gasteiger partial charge in [0, 0.05) is 32.3 Å². The van der Waals surface area contributed by atoms with Crippen LogP contribution in [0.5, 0.6) is 0 Å². The lowest BCUT2D eigenvalue weighted by Gasteiger charge is -2.28. The molecule has 1 aliphatic rings. The second-order valence-electron chi connectivity index (χ2n) is 5.44. The smallest absolute Gasteiger partial charge is 0.123 e. The van der Waals surface area contributed by atoms with Crippen LogP contribution < -0.4 is 5.73 Å². The lowest BCUT2D eigenvalue weighted by Crippen LogP contribution is -2.34. The van der Waals surface area contributed by atoms with Crippen LogP contribution in [-0.4, -0.2) is 38.3 Å². The van der Waals surface area contributed by atoms with Gasteiger partial charge in [0.2, 0.25) is 0 Å². The van der Waals surface area contributed by atoms with Crippen molar-refractivity contribution in [3.8, 4) is 0 Å². The van der Waals surface area contributed by atoms with Crippen molar-refractivity contribution in [3.63, 3.8) is 0 Å². The van der Waals surface area contributed by atoms with E-state index in [-0.39, 0.29) is 11.9 Å². The van der Waals surface area contributed by atoms with E-state index in [0.29, 0.717) is 5.92 Å². The van der Waals surface area contributed by atoms with Crippen LogP contribution in [0.25, 0.3) is 0 Å². The van der Waals surface area contributed by atoms with Gasteiger partial charge in [0.05, 0.1) is 0 Å². The van der Waals surface area contributed by atoms with Crippen LogP contribution in [-0.2, 0) is 4.74 Å². The van der Waals surface area contributed by atoms with Gasteiger partial charge < -0.3 is 15.4 Å². The predicted molar refractivity (Wildman–Crippen MR) is 74.4 cm³/mol. The fourth-order valence-corrected chi connectivity index (χ4v) is 2.62. The monoisotopic (exact) mass is 266 g/mol. The Balaban J connectivity index is 1.82. The Hall–Kier alpha value is -0.970. The summed E-state index contributed by atoms with van der Waals surface area (Å²) in [5, 5.41) is 0. The van der Waals surface area contributed by atoms with Gasteiger partial charge in [-0.25, -0.2) is 4.39 Å². The molecule has 0 amide bonds. The second-order valence-corrected chi connectivity index (χ2v) is 5.44. The normalized spacial score (nSPS) is 18.7. The number of hydrogen-bond acceptors (Lipinski definition) is 3.